The molecule has 0 aliphatic carbocycles. The van der Waals surface area contributed by atoms with Gasteiger partial charge in [0.15, 0.2) is 0 Å². The van der Waals surface area contributed by atoms with Gasteiger partial charge in [-0.05, 0) is 28.1 Å². The molecule has 0 spiro atoms. The molecule has 0 saturated carbocycles. The lowest BCUT2D eigenvalue weighted by atomic mass is 10.2. The van der Waals surface area contributed by atoms with Crippen LogP contribution in [0.3, 0.4) is 0 Å². The van der Waals surface area contributed by atoms with Crippen LogP contribution in [0.1, 0.15) is 0 Å². The van der Waals surface area contributed by atoms with Crippen molar-refractivity contribution in [2.24, 2.45) is 0 Å². The number of pyridine rings is 1. The third-order valence-electron chi connectivity index (χ3n) is 2.09. The molecule has 0 radical (unpaired) electrons. The normalized spacial score (nSPS) is 10.7. The summed E-state index contributed by atoms with van der Waals surface area (Å²) >= 11 is 9.43. The highest BCUT2D eigenvalue weighted by Crippen LogP contribution is 2.32. The van der Waals surface area contributed by atoms with Gasteiger partial charge in [-0.3, -0.25) is 4.98 Å². The Morgan fingerprint density at radius 3 is 3.00 bits per heavy atom. The van der Waals surface area contributed by atoms with Gasteiger partial charge in [0.05, 0.1) is 21.6 Å². The lowest BCUT2D eigenvalue weighted by molar-refractivity contribution is 0.201. The van der Waals surface area contributed by atoms with Crippen molar-refractivity contribution in [3.8, 4) is 5.75 Å². The van der Waals surface area contributed by atoms with E-state index in [1.165, 1.54) is 0 Å². The van der Waals surface area contributed by atoms with E-state index in [0.29, 0.717) is 10.8 Å². The molecule has 0 atom stereocenters. The monoisotopic (exact) mass is 301 g/mol. The summed E-state index contributed by atoms with van der Waals surface area (Å²) in [5.41, 5.74) is 0.767. The molecule has 1 aromatic carbocycles. The summed E-state index contributed by atoms with van der Waals surface area (Å²) in [6.07, 6.45) is 1.65. The second kappa shape index (κ2) is 4.99. The minimum atomic E-state index is -0.0204. The van der Waals surface area contributed by atoms with E-state index in [4.69, 9.17) is 21.4 Å². The fraction of sp³-hybridized carbons (Fsp3) is 0.182. The number of hydrogen-bond acceptors (Lipinski definition) is 3. The van der Waals surface area contributed by atoms with Crippen LogP contribution in [0.4, 0.5) is 0 Å². The fourth-order valence-corrected chi connectivity index (χ4v) is 2.05. The van der Waals surface area contributed by atoms with Crippen molar-refractivity contribution in [3.63, 3.8) is 0 Å². The Hall–Kier alpha value is -0.840. The van der Waals surface area contributed by atoms with Crippen LogP contribution >= 0.6 is 27.5 Å². The molecule has 2 rings (SSSR count). The number of nitrogens with zero attached hydrogens (tertiary/aromatic N) is 1. The molecule has 5 heteroatoms. The molecule has 0 aliphatic heterocycles. The van der Waals surface area contributed by atoms with Crippen LogP contribution in [0.5, 0.6) is 5.75 Å². The van der Waals surface area contributed by atoms with Gasteiger partial charge in [-0.2, -0.15) is 0 Å². The number of rotatable bonds is 3. The molecular formula is C11H9BrClNO2. The van der Waals surface area contributed by atoms with Gasteiger partial charge in [0.25, 0.3) is 0 Å². The van der Waals surface area contributed by atoms with Crippen molar-refractivity contribution in [2.75, 3.05) is 13.2 Å². The van der Waals surface area contributed by atoms with Crippen LogP contribution in [0.15, 0.2) is 28.9 Å². The maximum atomic E-state index is 8.70. The predicted molar refractivity (Wildman–Crippen MR) is 67.0 cm³/mol. The van der Waals surface area contributed by atoms with Crippen molar-refractivity contribution in [1.29, 1.82) is 0 Å². The highest BCUT2D eigenvalue weighted by molar-refractivity contribution is 9.10. The number of ether oxygens (including phenoxy) is 1. The van der Waals surface area contributed by atoms with Crippen LogP contribution in [0.2, 0.25) is 5.02 Å². The molecule has 1 N–H and O–H groups in total. The van der Waals surface area contributed by atoms with Gasteiger partial charge >= 0.3 is 0 Å². The molecule has 0 bridgehead atoms. The Morgan fingerprint density at radius 1 is 1.44 bits per heavy atom. The summed E-state index contributed by atoms with van der Waals surface area (Å²) in [5, 5.41) is 10.2. The van der Waals surface area contributed by atoms with Crippen molar-refractivity contribution in [1.82, 2.24) is 4.98 Å². The molecule has 0 unspecified atom stereocenters. The van der Waals surface area contributed by atoms with Crippen LogP contribution < -0.4 is 4.74 Å². The highest BCUT2D eigenvalue weighted by atomic mass is 79.9. The van der Waals surface area contributed by atoms with Gasteiger partial charge in [-0.25, -0.2) is 0 Å². The van der Waals surface area contributed by atoms with E-state index in [9.17, 15) is 0 Å². The average Bonchev–Trinajstić information content (AvgIpc) is 2.28. The van der Waals surface area contributed by atoms with Crippen molar-refractivity contribution in [3.05, 3.63) is 33.9 Å². The molecule has 16 heavy (non-hydrogen) atoms. The third kappa shape index (κ3) is 2.29. The quantitative estimate of drug-likeness (QED) is 0.947. The number of fused-ring (bicyclic) bond motifs is 1. The summed E-state index contributed by atoms with van der Waals surface area (Å²) in [4.78, 5) is 4.20. The smallest absolute Gasteiger partial charge is 0.135 e. The Bertz CT molecular complexity index is 519. The minimum absolute atomic E-state index is 0.0204. The standard InChI is InChI=1S/C11H9BrClNO2/c12-8-5-7-9(13)1-2-14-10(7)6-11(8)16-4-3-15/h1-2,5-6,15H,3-4H2. The van der Waals surface area contributed by atoms with Gasteiger partial charge in [-0.15, -0.1) is 0 Å². The van der Waals surface area contributed by atoms with Crippen LogP contribution in [0, 0.1) is 0 Å². The first-order valence-corrected chi connectivity index (χ1v) is 5.87. The Labute approximate surface area is 106 Å². The average molecular weight is 303 g/mol. The van der Waals surface area contributed by atoms with E-state index in [1.54, 1.807) is 18.3 Å². The SMILES string of the molecule is OCCOc1cc2nccc(Cl)c2cc1Br. The van der Waals surface area contributed by atoms with Crippen LogP contribution in [0.25, 0.3) is 10.9 Å². The van der Waals surface area contributed by atoms with Crippen LogP contribution in [-0.4, -0.2) is 23.3 Å². The second-order valence-corrected chi connectivity index (χ2v) is 4.43. The van der Waals surface area contributed by atoms with E-state index in [1.807, 2.05) is 6.07 Å². The number of aromatic nitrogens is 1. The molecule has 3 nitrogen and oxygen atoms in total. The highest BCUT2D eigenvalue weighted by Gasteiger charge is 2.06. The number of aliphatic hydroxyl groups excluding tert-OH is 1. The van der Waals surface area contributed by atoms with E-state index in [0.717, 1.165) is 15.4 Å². The predicted octanol–water partition coefficient (Wildman–Crippen LogP) is 3.02. The Morgan fingerprint density at radius 2 is 2.25 bits per heavy atom. The maximum Gasteiger partial charge on any atom is 0.135 e. The fourth-order valence-electron chi connectivity index (χ4n) is 1.38. The summed E-state index contributed by atoms with van der Waals surface area (Å²) < 4.78 is 6.15. The van der Waals surface area contributed by atoms with Gasteiger partial charge < -0.3 is 9.84 Å². The zero-order valence-corrected chi connectivity index (χ0v) is 10.6. The Balaban J connectivity index is 2.50. The van der Waals surface area contributed by atoms with Gasteiger partial charge in [0.1, 0.15) is 12.4 Å². The first kappa shape index (κ1) is 11.6. The van der Waals surface area contributed by atoms with E-state index in [-0.39, 0.29) is 13.2 Å². The molecular weight excluding hydrogens is 293 g/mol. The van der Waals surface area contributed by atoms with E-state index >= 15 is 0 Å². The lowest BCUT2D eigenvalue weighted by Crippen LogP contribution is -2.02. The van der Waals surface area contributed by atoms with E-state index < -0.39 is 0 Å². The van der Waals surface area contributed by atoms with Gasteiger partial charge in [-0.1, -0.05) is 11.6 Å². The summed E-state index contributed by atoms with van der Waals surface area (Å²) in [5.74, 6) is 0.649. The maximum absolute atomic E-state index is 8.70. The molecule has 0 amide bonds. The summed E-state index contributed by atoms with van der Waals surface area (Å²) in [6.45, 7) is 0.234. The van der Waals surface area contributed by atoms with Crippen molar-refractivity contribution in [2.45, 2.75) is 0 Å². The van der Waals surface area contributed by atoms with Gasteiger partial charge in [0, 0.05) is 17.6 Å². The zero-order chi connectivity index (χ0) is 11.5. The van der Waals surface area contributed by atoms with E-state index in [2.05, 4.69) is 20.9 Å². The van der Waals surface area contributed by atoms with Crippen molar-refractivity contribution < 1.29 is 9.84 Å². The topological polar surface area (TPSA) is 42.4 Å². The molecule has 0 aliphatic rings. The summed E-state index contributed by atoms with van der Waals surface area (Å²) in [7, 11) is 0. The first-order valence-electron chi connectivity index (χ1n) is 4.70. The molecule has 1 heterocycles. The largest absolute Gasteiger partial charge is 0.490 e. The molecule has 2 aromatic rings. The number of halogens is 2. The Kier molecular flexibility index (Phi) is 3.63. The zero-order valence-electron chi connectivity index (χ0n) is 8.28. The molecule has 1 aromatic heterocycles. The molecule has 84 valence electrons. The first-order chi connectivity index (χ1) is 7.72. The second-order valence-electron chi connectivity index (χ2n) is 3.16. The summed E-state index contributed by atoms with van der Waals surface area (Å²) in [6, 6.07) is 5.39. The molecule has 0 saturated heterocycles. The number of hydrogen-bond donors (Lipinski definition) is 1. The number of aliphatic hydroxyl groups is 1. The third-order valence-corrected chi connectivity index (χ3v) is 3.04. The van der Waals surface area contributed by atoms with Gasteiger partial charge in [0.2, 0.25) is 0 Å². The van der Waals surface area contributed by atoms with Crippen LogP contribution in [-0.2, 0) is 0 Å². The number of benzene rings is 1. The minimum Gasteiger partial charge on any atom is -0.490 e. The van der Waals surface area contributed by atoms with Crippen molar-refractivity contribution >= 4 is 38.4 Å². The molecule has 0 fully saturated rings. The lowest BCUT2D eigenvalue weighted by Gasteiger charge is -2.08.